The number of carboxylic acid groups (broad SMARTS) is 2. The van der Waals surface area contributed by atoms with Crippen molar-refractivity contribution >= 4 is 29.4 Å². The summed E-state index contributed by atoms with van der Waals surface area (Å²) in [5.41, 5.74) is 5.32. The highest BCUT2D eigenvalue weighted by Gasteiger charge is 1.91. The summed E-state index contributed by atoms with van der Waals surface area (Å²) in [6.45, 7) is 0. The van der Waals surface area contributed by atoms with Crippen molar-refractivity contribution in [1.29, 1.82) is 0 Å². The lowest BCUT2D eigenvalue weighted by Gasteiger charge is -1.92. The largest absolute Gasteiger partial charge is 0.478 e. The topological polar surface area (TPSA) is 126 Å². The molecule has 4 N–H and O–H groups in total. The molecule has 0 aromatic carbocycles. The van der Waals surface area contributed by atoms with Crippen LogP contribution < -0.4 is 5.73 Å². The molecule has 0 radical (unpaired) electrons. The number of rotatable bonds is 3. The van der Waals surface area contributed by atoms with Gasteiger partial charge in [0.05, 0.1) is 5.88 Å². The zero-order valence-electron chi connectivity index (χ0n) is 8.58. The maximum absolute atomic E-state index is 9.55. The second-order valence-electron chi connectivity index (χ2n) is 2.54. The first-order valence-electron chi connectivity index (χ1n) is 4.23. The Morgan fingerprint density at radius 3 is 2.18 bits per heavy atom. The number of nitrogens with two attached hydrogens (primary N) is 1. The number of alkyl halides is 1. The number of halogens is 1. The van der Waals surface area contributed by atoms with Crippen molar-refractivity contribution in [2.24, 2.45) is 0 Å². The normalized spacial score (nSPS) is 9.47. The van der Waals surface area contributed by atoms with E-state index in [1.807, 2.05) is 0 Å². The minimum absolute atomic E-state index is 0.311. The lowest BCUT2D eigenvalue weighted by Crippen LogP contribution is -1.95. The number of carbonyl (C=O) groups is 2. The molecule has 1 heterocycles. The van der Waals surface area contributed by atoms with Crippen LogP contribution in [0.25, 0.3) is 0 Å². The Morgan fingerprint density at radius 2 is 1.88 bits per heavy atom. The monoisotopic (exact) mass is 259 g/mol. The van der Waals surface area contributed by atoms with Gasteiger partial charge < -0.3 is 15.9 Å². The minimum atomic E-state index is -1.26. The number of nitrogens with zero attached hydrogens (tertiary/aromatic N) is 2. The summed E-state index contributed by atoms with van der Waals surface area (Å²) < 4.78 is 0. The fourth-order valence-corrected chi connectivity index (χ4v) is 0.751. The molecule has 7 nitrogen and oxygen atoms in total. The Morgan fingerprint density at radius 1 is 1.35 bits per heavy atom. The maximum Gasteiger partial charge on any atom is 0.328 e. The standard InChI is InChI=1S/C5H6ClN3.C4H4O4/c6-3-5-8-2-1-4(7)9-5;5-3(6)1-2-4(7)8/h1-2H,3H2,(H2,7,8,9);1-2H,(H,5,6)(H,7,8). The van der Waals surface area contributed by atoms with E-state index in [-0.39, 0.29) is 0 Å². The van der Waals surface area contributed by atoms with Gasteiger partial charge in [0.15, 0.2) is 0 Å². The molecule has 0 fully saturated rings. The Labute approximate surface area is 102 Å². The Bertz CT molecular complexity index is 406. The average molecular weight is 260 g/mol. The van der Waals surface area contributed by atoms with Gasteiger partial charge in [-0.15, -0.1) is 11.6 Å². The van der Waals surface area contributed by atoms with Gasteiger partial charge >= 0.3 is 11.9 Å². The molecule has 92 valence electrons. The summed E-state index contributed by atoms with van der Waals surface area (Å²) >= 11 is 5.42. The number of hydrogen-bond acceptors (Lipinski definition) is 5. The van der Waals surface area contributed by atoms with Crippen molar-refractivity contribution < 1.29 is 19.8 Å². The van der Waals surface area contributed by atoms with Gasteiger partial charge in [-0.05, 0) is 6.07 Å². The van der Waals surface area contributed by atoms with Crippen LogP contribution in [0.4, 0.5) is 5.82 Å². The van der Waals surface area contributed by atoms with Crippen LogP contribution in [0.15, 0.2) is 24.4 Å². The molecule has 0 aliphatic rings. The van der Waals surface area contributed by atoms with E-state index in [0.29, 0.717) is 29.7 Å². The van der Waals surface area contributed by atoms with E-state index < -0.39 is 11.9 Å². The second-order valence-corrected chi connectivity index (χ2v) is 2.81. The Balaban J connectivity index is 0.000000304. The third-order valence-electron chi connectivity index (χ3n) is 1.22. The van der Waals surface area contributed by atoms with Crippen molar-refractivity contribution in [3.8, 4) is 0 Å². The third kappa shape index (κ3) is 8.82. The second kappa shape index (κ2) is 8.05. The molecule has 0 spiro atoms. The molecule has 0 saturated heterocycles. The van der Waals surface area contributed by atoms with Crippen LogP contribution in [-0.2, 0) is 15.5 Å². The number of carboxylic acids is 2. The number of hydrogen-bond donors (Lipinski definition) is 3. The first-order valence-corrected chi connectivity index (χ1v) is 4.76. The average Bonchev–Trinajstić information content (AvgIpc) is 2.27. The highest BCUT2D eigenvalue weighted by Crippen LogP contribution is 1.97. The van der Waals surface area contributed by atoms with Gasteiger partial charge in [0.2, 0.25) is 0 Å². The third-order valence-corrected chi connectivity index (χ3v) is 1.45. The SMILES string of the molecule is Nc1ccnc(CCl)n1.O=C(O)C=CC(=O)O. The lowest BCUT2D eigenvalue weighted by atomic mass is 10.5. The van der Waals surface area contributed by atoms with Crippen molar-refractivity contribution in [3.05, 3.63) is 30.2 Å². The molecular weight excluding hydrogens is 250 g/mol. The number of nitrogen functional groups attached to an aromatic ring is 1. The number of anilines is 1. The molecule has 0 bridgehead atoms. The van der Waals surface area contributed by atoms with Crippen LogP contribution in [0, 0.1) is 0 Å². The van der Waals surface area contributed by atoms with Crippen LogP contribution in [-0.4, -0.2) is 32.1 Å². The number of aromatic nitrogens is 2. The van der Waals surface area contributed by atoms with E-state index in [1.165, 1.54) is 0 Å². The molecule has 0 saturated carbocycles. The van der Waals surface area contributed by atoms with Crippen molar-refractivity contribution in [1.82, 2.24) is 9.97 Å². The van der Waals surface area contributed by atoms with Crippen LogP contribution >= 0.6 is 11.6 Å². The van der Waals surface area contributed by atoms with Crippen molar-refractivity contribution in [2.45, 2.75) is 5.88 Å². The maximum atomic E-state index is 9.55. The van der Waals surface area contributed by atoms with Crippen molar-refractivity contribution in [2.75, 3.05) is 5.73 Å². The summed E-state index contributed by atoms with van der Waals surface area (Å²) in [5.74, 6) is -1.18. The van der Waals surface area contributed by atoms with Gasteiger partial charge in [0.1, 0.15) is 11.6 Å². The predicted molar refractivity (Wildman–Crippen MR) is 60.4 cm³/mol. The summed E-state index contributed by atoms with van der Waals surface area (Å²) in [5, 5.41) is 15.6. The van der Waals surface area contributed by atoms with Gasteiger partial charge in [-0.2, -0.15) is 0 Å². The summed E-state index contributed by atoms with van der Waals surface area (Å²) in [4.78, 5) is 26.8. The molecule has 0 amide bonds. The first kappa shape index (κ1) is 14.8. The molecule has 0 atom stereocenters. The van der Waals surface area contributed by atoms with Crippen molar-refractivity contribution in [3.63, 3.8) is 0 Å². The van der Waals surface area contributed by atoms with E-state index in [9.17, 15) is 9.59 Å². The van der Waals surface area contributed by atoms with Crippen LogP contribution in [0.1, 0.15) is 5.82 Å². The molecule has 0 aliphatic heterocycles. The Kier molecular flexibility index (Phi) is 7.04. The van der Waals surface area contributed by atoms with Gasteiger partial charge in [0.25, 0.3) is 0 Å². The van der Waals surface area contributed by atoms with Crippen LogP contribution in [0.3, 0.4) is 0 Å². The fraction of sp³-hybridized carbons (Fsp3) is 0.111. The molecule has 1 aromatic rings. The van der Waals surface area contributed by atoms with Gasteiger partial charge in [-0.1, -0.05) is 0 Å². The summed E-state index contributed by atoms with van der Waals surface area (Å²) in [6.07, 6.45) is 2.70. The molecular formula is C9H10ClN3O4. The smallest absolute Gasteiger partial charge is 0.328 e. The van der Waals surface area contributed by atoms with E-state index in [0.717, 1.165) is 0 Å². The molecule has 0 aliphatic carbocycles. The molecule has 1 aromatic heterocycles. The lowest BCUT2D eigenvalue weighted by molar-refractivity contribution is -0.134. The van der Waals surface area contributed by atoms with Crippen LogP contribution in [0.2, 0.25) is 0 Å². The van der Waals surface area contributed by atoms with E-state index >= 15 is 0 Å². The zero-order valence-corrected chi connectivity index (χ0v) is 9.33. The van der Waals surface area contributed by atoms with E-state index in [1.54, 1.807) is 12.3 Å². The van der Waals surface area contributed by atoms with Gasteiger partial charge in [-0.25, -0.2) is 19.6 Å². The van der Waals surface area contributed by atoms with E-state index in [4.69, 9.17) is 27.5 Å². The highest BCUT2D eigenvalue weighted by molar-refractivity contribution is 6.16. The molecule has 1 rings (SSSR count). The highest BCUT2D eigenvalue weighted by atomic mass is 35.5. The Hall–Kier alpha value is -2.15. The summed E-state index contributed by atoms with van der Waals surface area (Å²) in [7, 11) is 0. The quantitative estimate of drug-likeness (QED) is 0.533. The summed E-state index contributed by atoms with van der Waals surface area (Å²) in [6, 6.07) is 1.62. The van der Waals surface area contributed by atoms with Gasteiger partial charge in [0, 0.05) is 18.3 Å². The van der Waals surface area contributed by atoms with E-state index in [2.05, 4.69) is 9.97 Å². The molecule has 17 heavy (non-hydrogen) atoms. The van der Waals surface area contributed by atoms with Crippen LogP contribution in [0.5, 0.6) is 0 Å². The predicted octanol–water partition coefficient (Wildman–Crippen LogP) is 0.509. The van der Waals surface area contributed by atoms with Gasteiger partial charge in [-0.3, -0.25) is 0 Å². The molecule has 0 unspecified atom stereocenters. The number of aliphatic carboxylic acids is 2. The fourth-order valence-electron chi connectivity index (χ4n) is 0.622. The molecule has 8 heteroatoms. The zero-order chi connectivity index (χ0) is 13.3. The minimum Gasteiger partial charge on any atom is -0.478 e. The first-order chi connectivity index (χ1) is 7.95.